The summed E-state index contributed by atoms with van der Waals surface area (Å²) in [4.78, 5) is 3.95. The quantitative estimate of drug-likeness (QED) is 0.572. The number of ether oxygens (including phenoxy) is 1. The van der Waals surface area contributed by atoms with Crippen molar-refractivity contribution in [2.24, 2.45) is 0 Å². The third-order valence-corrected chi connectivity index (χ3v) is 2.39. The van der Waals surface area contributed by atoms with Crippen molar-refractivity contribution in [3.05, 3.63) is 23.5 Å². The van der Waals surface area contributed by atoms with E-state index in [1.165, 1.54) is 29.8 Å². The molecule has 1 aromatic heterocycles. The molecule has 0 unspecified atom stereocenters. The molecule has 0 aliphatic rings. The number of rotatable bonds is 3. The molecule has 0 saturated heterocycles. The summed E-state index contributed by atoms with van der Waals surface area (Å²) in [5.74, 6) is 0.519. The maximum Gasteiger partial charge on any atom is 0.495 e. The van der Waals surface area contributed by atoms with Crippen molar-refractivity contribution in [3.8, 4) is 5.75 Å². The molecule has 0 aromatic carbocycles. The van der Waals surface area contributed by atoms with Crippen molar-refractivity contribution in [2.45, 2.75) is 6.67 Å². The number of halogens is 1. The summed E-state index contributed by atoms with van der Waals surface area (Å²) in [6.45, 7) is -0.654. The Bertz CT molecular complexity index is 326. The average molecular weight is 228 g/mol. The Kier molecular flexibility index (Phi) is 4.27. The van der Waals surface area contributed by atoms with Gasteiger partial charge in [-0.05, 0) is 12.2 Å². The highest BCUT2D eigenvalue weighted by Gasteiger charge is 2.06. The summed E-state index contributed by atoms with van der Waals surface area (Å²) >= 11 is 6.13. The van der Waals surface area contributed by atoms with Gasteiger partial charge < -0.3 is 8.53 Å². The van der Waals surface area contributed by atoms with Crippen LogP contribution in [0.1, 0.15) is 11.4 Å². The van der Waals surface area contributed by atoms with E-state index in [0.717, 1.165) is 0 Å². The van der Waals surface area contributed by atoms with E-state index in [1.807, 2.05) is 0 Å². The first kappa shape index (κ1) is 11.4. The zero-order valence-electron chi connectivity index (χ0n) is 7.62. The second-order valence-electron chi connectivity index (χ2n) is 2.45. The lowest BCUT2D eigenvalue weighted by molar-refractivity contribution is 0.409. The summed E-state index contributed by atoms with van der Waals surface area (Å²) in [7, 11) is 1.50. The summed E-state index contributed by atoms with van der Waals surface area (Å²) in [5, 5.41) is 0.233. The van der Waals surface area contributed by atoms with E-state index in [0.29, 0.717) is 11.4 Å². The molecule has 0 saturated carbocycles. The maximum atomic E-state index is 12.4. The van der Waals surface area contributed by atoms with Crippen LogP contribution in [0.3, 0.4) is 0 Å². The van der Waals surface area contributed by atoms with Crippen LogP contribution in [0.4, 0.5) is 4.39 Å². The molecule has 0 bridgehead atoms. The smallest absolute Gasteiger partial charge is 0.495 e. The summed E-state index contributed by atoms with van der Waals surface area (Å²) in [6, 6.07) is 3.12. The number of alkyl halides is 1. The molecule has 0 spiro atoms. The zero-order chi connectivity index (χ0) is 10.6. The fourth-order valence-electron chi connectivity index (χ4n) is 0.925. The van der Waals surface area contributed by atoms with Gasteiger partial charge in [-0.25, -0.2) is 9.37 Å². The van der Waals surface area contributed by atoms with Crippen molar-refractivity contribution < 1.29 is 12.9 Å². The molecule has 0 fully saturated rings. The topological polar surface area (TPSA) is 31.4 Å². The lowest BCUT2D eigenvalue weighted by Gasteiger charge is -2.07. The highest BCUT2D eigenvalue weighted by Crippen LogP contribution is 2.15. The van der Waals surface area contributed by atoms with Crippen molar-refractivity contribution in [2.75, 3.05) is 7.11 Å². The molecule has 1 radical (unpaired) electrons. The number of aromatic nitrogens is 1. The third kappa shape index (κ3) is 2.64. The minimum Gasteiger partial charge on any atom is -0.641 e. The minimum atomic E-state index is -0.654. The van der Waals surface area contributed by atoms with Crippen molar-refractivity contribution in [3.63, 3.8) is 0 Å². The van der Waals surface area contributed by atoms with Crippen LogP contribution in [-0.2, 0) is 10.5 Å². The Balaban J connectivity index is 3.10. The minimum absolute atomic E-state index is 0.233. The van der Waals surface area contributed by atoms with E-state index >= 15 is 0 Å². The third-order valence-electron chi connectivity index (χ3n) is 1.56. The van der Waals surface area contributed by atoms with E-state index in [-0.39, 0.29) is 10.7 Å². The molecule has 0 atom stereocenters. The first-order valence-corrected chi connectivity index (χ1v) is 4.77. The van der Waals surface area contributed by atoms with Gasteiger partial charge in [-0.15, -0.1) is 0 Å². The molecule has 0 N–H and O–H groups in total. The number of thiocarbonyl (C=S) groups is 1. The highest BCUT2D eigenvalue weighted by atomic mass is 32.1. The van der Waals surface area contributed by atoms with Gasteiger partial charge in [0.2, 0.25) is 0 Å². The van der Waals surface area contributed by atoms with E-state index in [4.69, 9.17) is 20.7 Å². The predicted molar refractivity (Wildman–Crippen MR) is 55.5 cm³/mol. The van der Waals surface area contributed by atoms with Crippen LogP contribution in [0.2, 0.25) is 0 Å². The summed E-state index contributed by atoms with van der Waals surface area (Å²) in [6.07, 6.45) is 0. The molecule has 73 valence electrons. The van der Waals surface area contributed by atoms with Crippen LogP contribution < -0.4 is 4.74 Å². The van der Waals surface area contributed by atoms with Gasteiger partial charge in [0.25, 0.3) is 0 Å². The largest absolute Gasteiger partial charge is 0.641 e. The van der Waals surface area contributed by atoms with Gasteiger partial charge in [-0.1, -0.05) is 0 Å². The lowest BCUT2D eigenvalue weighted by atomic mass is 10.3. The van der Waals surface area contributed by atoms with Crippen LogP contribution in [0, 0.1) is 0 Å². The summed E-state index contributed by atoms with van der Waals surface area (Å²) < 4.78 is 22.2. The maximum absolute atomic E-state index is 12.4. The van der Waals surface area contributed by atoms with E-state index in [1.54, 1.807) is 6.07 Å². The molecule has 0 aliphatic heterocycles. The molecule has 1 aromatic rings. The van der Waals surface area contributed by atoms with Gasteiger partial charge >= 0.3 is 16.6 Å². The number of hydrogen-bond donors (Lipinski definition) is 0. The van der Waals surface area contributed by atoms with E-state index in [2.05, 4.69) is 4.98 Å². The van der Waals surface area contributed by atoms with Gasteiger partial charge in [0.15, 0.2) is 5.05 Å². The van der Waals surface area contributed by atoms with Gasteiger partial charge in [-0.2, -0.15) is 0 Å². The van der Waals surface area contributed by atoms with Crippen LogP contribution in [0.25, 0.3) is 0 Å². The molecule has 1 rings (SSSR count). The Hall–Kier alpha value is -0.698. The van der Waals surface area contributed by atoms with E-state index < -0.39 is 6.67 Å². The van der Waals surface area contributed by atoms with Crippen LogP contribution in [-0.4, -0.2) is 33.8 Å². The fourth-order valence-corrected chi connectivity index (χ4v) is 1.18. The number of hydrogen-bond acceptors (Lipinski definition) is 4. The van der Waals surface area contributed by atoms with Gasteiger partial charge in [0.1, 0.15) is 18.1 Å². The average Bonchev–Trinajstić information content (AvgIpc) is 2.27. The fraction of sp³-hybridized carbons (Fsp3) is 0.250. The molecule has 0 aliphatic carbocycles. The SMILES string of the molecule is COc1cc(CF)nc(C(=S)[O][AlH])c1. The Morgan fingerprint density at radius 2 is 2.36 bits per heavy atom. The summed E-state index contributed by atoms with van der Waals surface area (Å²) in [5.41, 5.74) is 0.698. The van der Waals surface area contributed by atoms with E-state index in [9.17, 15) is 4.39 Å². The zero-order valence-corrected chi connectivity index (χ0v) is 9.85. The first-order valence-electron chi connectivity index (χ1n) is 3.78. The molecule has 1 heterocycles. The molecular weight excluding hydrogens is 220 g/mol. The van der Waals surface area contributed by atoms with Crippen molar-refractivity contribution >= 4 is 33.9 Å². The Labute approximate surface area is 95.0 Å². The van der Waals surface area contributed by atoms with Gasteiger partial charge in [0, 0.05) is 12.1 Å². The molecular formula is C8H8AlFNO2S. The molecule has 3 nitrogen and oxygen atoms in total. The highest BCUT2D eigenvalue weighted by molar-refractivity contribution is 7.80. The van der Waals surface area contributed by atoms with Crippen LogP contribution >= 0.6 is 12.2 Å². The van der Waals surface area contributed by atoms with Crippen molar-refractivity contribution in [1.29, 1.82) is 0 Å². The standard InChI is InChI=1S/C8H8FNO2S.Al.H/c1-12-6-2-5(4-9)10-7(3-6)8(11)13;;/h2-3H,4H2,1H3,(H,11,13);;/q;+1;/p-1. The molecule has 14 heavy (non-hydrogen) atoms. The second kappa shape index (κ2) is 5.25. The number of nitrogens with zero attached hydrogens (tertiary/aromatic N) is 1. The normalized spacial score (nSPS) is 9.57. The monoisotopic (exact) mass is 228 g/mol. The second-order valence-corrected chi connectivity index (χ2v) is 3.11. The lowest BCUT2D eigenvalue weighted by Crippen LogP contribution is -2.05. The van der Waals surface area contributed by atoms with Gasteiger partial charge in [0.05, 0.1) is 12.8 Å². The predicted octanol–water partition coefficient (Wildman–Crippen LogP) is 1.07. The molecule has 0 amide bonds. The number of methoxy groups -OCH3 is 1. The number of pyridine rings is 1. The van der Waals surface area contributed by atoms with Crippen LogP contribution in [0.15, 0.2) is 12.1 Å². The Morgan fingerprint density at radius 1 is 1.64 bits per heavy atom. The molecule has 6 heteroatoms. The van der Waals surface area contributed by atoms with Crippen molar-refractivity contribution in [1.82, 2.24) is 4.98 Å². The van der Waals surface area contributed by atoms with Crippen LogP contribution in [0.5, 0.6) is 5.75 Å². The first-order chi connectivity index (χ1) is 6.71. The Morgan fingerprint density at radius 3 is 2.86 bits per heavy atom. The van der Waals surface area contributed by atoms with Gasteiger partial charge in [-0.3, -0.25) is 0 Å².